The van der Waals surface area contributed by atoms with E-state index in [1.165, 1.54) is 46.6 Å². The average molecular weight is 448 g/mol. The van der Waals surface area contributed by atoms with Crippen LogP contribution in [-0.4, -0.2) is 51.0 Å². The van der Waals surface area contributed by atoms with Gasteiger partial charge in [0.25, 0.3) is 16.0 Å². The fourth-order valence-electron chi connectivity index (χ4n) is 2.45. The number of amides is 1. The van der Waals surface area contributed by atoms with Crippen LogP contribution in [0.5, 0.6) is 0 Å². The summed E-state index contributed by atoms with van der Waals surface area (Å²) in [5.41, 5.74) is 0.459. The van der Waals surface area contributed by atoms with Gasteiger partial charge in [-0.3, -0.25) is 19.3 Å². The van der Waals surface area contributed by atoms with E-state index in [0.29, 0.717) is 30.8 Å². The van der Waals surface area contributed by atoms with Crippen molar-refractivity contribution >= 4 is 78.3 Å². The first-order valence-electron chi connectivity index (χ1n) is 7.26. The quantitative estimate of drug-likeness (QED) is 0.424. The third-order valence-electron chi connectivity index (χ3n) is 3.67. The zero-order chi connectivity index (χ0) is 19.2. The number of likely N-dealkylation sites (N-methyl/N-ethyl adjacent to an activating group) is 1. The van der Waals surface area contributed by atoms with Crippen LogP contribution in [-0.2, 0) is 14.9 Å². The highest BCUT2D eigenvalue weighted by Gasteiger charge is 2.40. The van der Waals surface area contributed by atoms with Crippen LogP contribution in [0.4, 0.5) is 5.69 Å². The van der Waals surface area contributed by atoms with Gasteiger partial charge in [0, 0.05) is 13.6 Å². The Morgan fingerprint density at radius 3 is 2.46 bits per heavy atom. The van der Waals surface area contributed by atoms with Gasteiger partial charge in [-0.05, 0) is 36.9 Å². The Hall–Kier alpha value is -1.18. The third kappa shape index (κ3) is 3.37. The van der Waals surface area contributed by atoms with Gasteiger partial charge in [0.15, 0.2) is 4.32 Å². The van der Waals surface area contributed by atoms with Gasteiger partial charge in [0.05, 0.1) is 10.6 Å². The molecule has 7 nitrogen and oxygen atoms in total. The summed E-state index contributed by atoms with van der Waals surface area (Å²) < 4.78 is 33.0. The van der Waals surface area contributed by atoms with Crippen molar-refractivity contribution in [3.05, 3.63) is 34.2 Å². The molecule has 2 aliphatic rings. The van der Waals surface area contributed by atoms with Crippen LogP contribution < -0.4 is 5.01 Å². The van der Waals surface area contributed by atoms with Crippen molar-refractivity contribution in [3.63, 3.8) is 0 Å². The summed E-state index contributed by atoms with van der Waals surface area (Å²) in [6.45, 7) is 2.34. The van der Waals surface area contributed by atoms with Gasteiger partial charge in [0.2, 0.25) is 0 Å². The second-order valence-electron chi connectivity index (χ2n) is 5.23. The highest BCUT2D eigenvalue weighted by Crippen LogP contribution is 2.44. The van der Waals surface area contributed by atoms with Crippen LogP contribution in [0.15, 0.2) is 39.1 Å². The lowest BCUT2D eigenvalue weighted by Gasteiger charge is -2.27. The number of nitrogens with zero attached hydrogens (tertiary/aromatic N) is 3. The van der Waals surface area contributed by atoms with Gasteiger partial charge in [-0.1, -0.05) is 42.3 Å². The van der Waals surface area contributed by atoms with Crippen LogP contribution in [0, 0.1) is 0 Å². The standard InChI is InChI=1S/C14H13N3O4S5/c1-3-16-11(18)10(24-13(16)22)12-15(2)17(14(23)25-12)8-5-4-6-9(7-8)26(19,20)21/h4-7H,3H2,1-2H3,(H,19,20,21)/b12-10+. The summed E-state index contributed by atoms with van der Waals surface area (Å²) in [5, 5.41) is 3.90. The summed E-state index contributed by atoms with van der Waals surface area (Å²) in [6, 6.07) is 5.78. The number of thioether (sulfide) groups is 2. The minimum absolute atomic E-state index is 0.173. The van der Waals surface area contributed by atoms with Crippen molar-refractivity contribution in [2.45, 2.75) is 11.8 Å². The Balaban J connectivity index is 2.01. The van der Waals surface area contributed by atoms with E-state index in [4.69, 9.17) is 24.4 Å². The minimum atomic E-state index is -4.34. The lowest BCUT2D eigenvalue weighted by atomic mass is 10.3. The number of carbonyl (C=O) groups is 1. The second-order valence-corrected chi connectivity index (χ2v) is 9.92. The van der Waals surface area contributed by atoms with E-state index in [1.54, 1.807) is 23.1 Å². The number of rotatable bonds is 3. The lowest BCUT2D eigenvalue weighted by molar-refractivity contribution is -0.122. The molecular formula is C14H13N3O4S5. The molecule has 0 radical (unpaired) electrons. The molecule has 2 fully saturated rings. The Labute approximate surface area is 170 Å². The Kier molecular flexibility index (Phi) is 5.34. The number of anilines is 1. The SMILES string of the molecule is CCN1C(=O)/C(=C2\SC(=S)N(c3cccc(S(=O)(=O)O)c3)N2C)SC1=S. The summed E-state index contributed by atoms with van der Waals surface area (Å²) in [6.07, 6.45) is 0. The topological polar surface area (TPSA) is 81.2 Å². The molecule has 0 atom stereocenters. The molecule has 0 unspecified atom stereocenters. The summed E-state index contributed by atoms with van der Waals surface area (Å²) in [7, 11) is -2.61. The maximum Gasteiger partial charge on any atom is 0.294 e. The van der Waals surface area contributed by atoms with E-state index in [1.807, 2.05) is 6.92 Å². The molecule has 1 aromatic rings. The van der Waals surface area contributed by atoms with Gasteiger partial charge in [0.1, 0.15) is 14.3 Å². The molecule has 138 valence electrons. The number of hydrogen-bond acceptors (Lipinski definition) is 8. The molecule has 3 rings (SSSR count). The highest BCUT2D eigenvalue weighted by molar-refractivity contribution is 8.29. The van der Waals surface area contributed by atoms with Crippen LogP contribution in [0.3, 0.4) is 0 Å². The second kappa shape index (κ2) is 7.09. The van der Waals surface area contributed by atoms with E-state index in [0.717, 1.165) is 0 Å². The summed E-state index contributed by atoms with van der Waals surface area (Å²) in [5.74, 6) is -0.173. The summed E-state index contributed by atoms with van der Waals surface area (Å²) in [4.78, 5) is 14.3. The molecule has 1 aromatic carbocycles. The largest absolute Gasteiger partial charge is 0.294 e. The summed E-state index contributed by atoms with van der Waals surface area (Å²) >= 11 is 13.1. The predicted octanol–water partition coefficient (Wildman–Crippen LogP) is 2.67. The van der Waals surface area contributed by atoms with Gasteiger partial charge in [-0.2, -0.15) is 8.42 Å². The van der Waals surface area contributed by atoms with Crippen molar-refractivity contribution < 1.29 is 17.8 Å². The average Bonchev–Trinajstić information content (AvgIpc) is 3.02. The fraction of sp³-hybridized carbons (Fsp3) is 0.214. The van der Waals surface area contributed by atoms with Gasteiger partial charge in [-0.25, -0.2) is 5.01 Å². The van der Waals surface area contributed by atoms with E-state index >= 15 is 0 Å². The highest BCUT2D eigenvalue weighted by atomic mass is 32.2. The third-order valence-corrected chi connectivity index (χ3v) is 7.52. The van der Waals surface area contributed by atoms with Crippen molar-refractivity contribution in [1.29, 1.82) is 0 Å². The van der Waals surface area contributed by atoms with Crippen molar-refractivity contribution in [3.8, 4) is 0 Å². The van der Waals surface area contributed by atoms with Gasteiger partial charge in [-0.15, -0.1) is 0 Å². The molecule has 1 N–H and O–H groups in total. The Bertz CT molecular complexity index is 959. The fourth-order valence-corrected chi connectivity index (χ4v) is 5.94. The van der Waals surface area contributed by atoms with Crippen molar-refractivity contribution in [2.75, 3.05) is 18.6 Å². The smallest absolute Gasteiger partial charge is 0.293 e. The molecule has 2 heterocycles. The van der Waals surface area contributed by atoms with Crippen LogP contribution in [0.2, 0.25) is 0 Å². The van der Waals surface area contributed by atoms with Crippen LogP contribution in [0.25, 0.3) is 0 Å². The molecule has 2 aliphatic heterocycles. The predicted molar refractivity (Wildman–Crippen MR) is 111 cm³/mol. The van der Waals surface area contributed by atoms with Crippen LogP contribution in [0.1, 0.15) is 6.92 Å². The molecule has 12 heteroatoms. The molecule has 0 spiro atoms. The van der Waals surface area contributed by atoms with Gasteiger partial charge < -0.3 is 0 Å². The molecule has 0 bridgehead atoms. The molecule has 0 saturated carbocycles. The van der Waals surface area contributed by atoms with E-state index in [2.05, 4.69) is 0 Å². The zero-order valence-electron chi connectivity index (χ0n) is 13.6. The number of hydrogen-bond donors (Lipinski definition) is 1. The van der Waals surface area contributed by atoms with Gasteiger partial charge >= 0.3 is 0 Å². The monoisotopic (exact) mass is 447 g/mol. The van der Waals surface area contributed by atoms with E-state index in [-0.39, 0.29) is 10.8 Å². The molecule has 1 amide bonds. The van der Waals surface area contributed by atoms with Crippen LogP contribution >= 0.6 is 48.0 Å². The molecule has 2 saturated heterocycles. The number of hydrazine groups is 1. The normalized spacial score (nSPS) is 21.3. The van der Waals surface area contributed by atoms with Crippen molar-refractivity contribution in [1.82, 2.24) is 9.91 Å². The minimum Gasteiger partial charge on any atom is -0.293 e. The lowest BCUT2D eigenvalue weighted by Crippen LogP contribution is -2.35. The van der Waals surface area contributed by atoms with E-state index in [9.17, 15) is 17.8 Å². The Morgan fingerprint density at radius 2 is 1.88 bits per heavy atom. The zero-order valence-corrected chi connectivity index (χ0v) is 17.7. The number of carbonyl (C=O) groups excluding carboxylic acids is 1. The van der Waals surface area contributed by atoms with Crippen molar-refractivity contribution in [2.24, 2.45) is 0 Å². The molecule has 26 heavy (non-hydrogen) atoms. The maximum atomic E-state index is 12.6. The molecule has 0 aliphatic carbocycles. The first-order chi connectivity index (χ1) is 12.1. The maximum absolute atomic E-state index is 12.6. The first-order valence-corrected chi connectivity index (χ1v) is 11.1. The van der Waals surface area contributed by atoms with E-state index < -0.39 is 10.1 Å². The number of thiocarbonyl (C=S) groups is 2. The molecular weight excluding hydrogens is 435 g/mol. The number of benzene rings is 1. The molecule has 0 aromatic heterocycles. The Morgan fingerprint density at radius 1 is 1.19 bits per heavy atom. The first kappa shape index (κ1) is 19.6.